The number of ether oxygens (including phenoxy) is 4. The molecule has 1 unspecified atom stereocenters. The van der Waals surface area contributed by atoms with Crippen LogP contribution in [-0.4, -0.2) is 19.2 Å². The summed E-state index contributed by atoms with van der Waals surface area (Å²) in [6.45, 7) is 6.32. The van der Waals surface area contributed by atoms with Crippen LogP contribution in [0.1, 0.15) is 41.5 Å². The lowest BCUT2D eigenvalue weighted by molar-refractivity contribution is -0.136. The van der Waals surface area contributed by atoms with Crippen LogP contribution in [0.3, 0.4) is 0 Å². The molecule has 184 valence electrons. The van der Waals surface area contributed by atoms with Crippen molar-refractivity contribution < 1.29 is 23.7 Å². The SMILES string of the molecule is CCCOc1ccccc1C1C(C#N)=C(N)Oc2cc(OC(=O)COc3ccc(C)c(C)c3)ccc21. The number of hydrogen-bond donors (Lipinski definition) is 1. The smallest absolute Gasteiger partial charge is 0.349 e. The van der Waals surface area contributed by atoms with Crippen molar-refractivity contribution >= 4 is 5.97 Å². The standard InChI is InChI=1S/C29H28N2O5/c1-4-13-33-25-8-6-5-7-22(25)28-23-12-11-21(15-26(23)36-29(31)24(28)16-30)35-27(32)17-34-20-10-9-18(2)19(3)14-20/h5-12,14-15,28H,4,13,17,31H2,1-3H3. The third-order valence-corrected chi connectivity index (χ3v) is 5.95. The first-order valence-electron chi connectivity index (χ1n) is 11.7. The maximum atomic E-state index is 12.4. The third kappa shape index (κ3) is 5.28. The van der Waals surface area contributed by atoms with Gasteiger partial charge in [-0.1, -0.05) is 37.3 Å². The molecule has 0 radical (unpaired) electrons. The van der Waals surface area contributed by atoms with E-state index < -0.39 is 11.9 Å². The zero-order valence-electron chi connectivity index (χ0n) is 20.5. The Morgan fingerprint density at radius 1 is 1.00 bits per heavy atom. The Morgan fingerprint density at radius 2 is 1.78 bits per heavy atom. The number of fused-ring (bicyclic) bond motifs is 1. The van der Waals surface area contributed by atoms with E-state index in [2.05, 4.69) is 6.07 Å². The Kier molecular flexibility index (Phi) is 7.45. The summed E-state index contributed by atoms with van der Waals surface area (Å²) in [4.78, 5) is 12.4. The number of nitrogens with zero attached hydrogens (tertiary/aromatic N) is 1. The molecule has 4 rings (SSSR count). The molecule has 0 spiro atoms. The number of nitrogens with two attached hydrogens (primary N) is 1. The highest BCUT2D eigenvalue weighted by Crippen LogP contribution is 2.45. The van der Waals surface area contributed by atoms with Gasteiger partial charge < -0.3 is 24.7 Å². The molecule has 0 aromatic heterocycles. The van der Waals surface area contributed by atoms with Crippen molar-refractivity contribution in [2.45, 2.75) is 33.1 Å². The lowest BCUT2D eigenvalue weighted by Crippen LogP contribution is -2.22. The van der Waals surface area contributed by atoms with Crippen molar-refractivity contribution in [2.75, 3.05) is 13.2 Å². The minimum absolute atomic E-state index is 0.00171. The van der Waals surface area contributed by atoms with Crippen LogP contribution in [0.15, 0.2) is 72.1 Å². The molecule has 0 aliphatic carbocycles. The Balaban J connectivity index is 1.56. The normalized spacial score (nSPS) is 14.3. The Bertz CT molecular complexity index is 1360. The maximum Gasteiger partial charge on any atom is 0.349 e. The first-order valence-corrected chi connectivity index (χ1v) is 11.7. The van der Waals surface area contributed by atoms with E-state index in [1.807, 2.05) is 63.2 Å². The molecule has 7 nitrogen and oxygen atoms in total. The van der Waals surface area contributed by atoms with Crippen LogP contribution in [0.25, 0.3) is 0 Å². The maximum absolute atomic E-state index is 12.4. The second kappa shape index (κ2) is 10.9. The van der Waals surface area contributed by atoms with Crippen LogP contribution in [0.4, 0.5) is 0 Å². The van der Waals surface area contributed by atoms with Crippen LogP contribution in [0, 0.1) is 25.2 Å². The molecule has 7 heteroatoms. The molecule has 0 saturated heterocycles. The molecule has 1 atom stereocenters. The summed E-state index contributed by atoms with van der Waals surface area (Å²) in [7, 11) is 0. The molecule has 0 fully saturated rings. The zero-order chi connectivity index (χ0) is 25.7. The molecule has 2 N–H and O–H groups in total. The minimum Gasteiger partial charge on any atom is -0.493 e. The highest BCUT2D eigenvalue weighted by atomic mass is 16.6. The number of nitriles is 1. The summed E-state index contributed by atoms with van der Waals surface area (Å²) >= 11 is 0. The monoisotopic (exact) mass is 484 g/mol. The van der Waals surface area contributed by atoms with E-state index in [-0.39, 0.29) is 18.2 Å². The van der Waals surface area contributed by atoms with Crippen LogP contribution in [0.5, 0.6) is 23.0 Å². The van der Waals surface area contributed by atoms with Gasteiger partial charge in [0.05, 0.1) is 12.5 Å². The van der Waals surface area contributed by atoms with E-state index in [9.17, 15) is 10.1 Å². The Morgan fingerprint density at radius 3 is 2.53 bits per heavy atom. The highest BCUT2D eigenvalue weighted by Gasteiger charge is 2.33. The second-order valence-electron chi connectivity index (χ2n) is 8.52. The first kappa shape index (κ1) is 24.7. The van der Waals surface area contributed by atoms with Gasteiger partial charge >= 0.3 is 5.97 Å². The average Bonchev–Trinajstić information content (AvgIpc) is 2.87. The molecule has 3 aromatic carbocycles. The van der Waals surface area contributed by atoms with E-state index in [0.29, 0.717) is 29.4 Å². The van der Waals surface area contributed by atoms with Crippen LogP contribution < -0.4 is 24.7 Å². The lowest BCUT2D eigenvalue weighted by Gasteiger charge is -2.28. The minimum atomic E-state index is -0.555. The van der Waals surface area contributed by atoms with Crippen LogP contribution >= 0.6 is 0 Å². The van der Waals surface area contributed by atoms with Crippen molar-refractivity contribution in [3.63, 3.8) is 0 Å². The number of esters is 1. The fraction of sp³-hybridized carbons (Fsp3) is 0.241. The van der Waals surface area contributed by atoms with E-state index >= 15 is 0 Å². The number of para-hydroxylation sites is 1. The molecule has 3 aromatic rings. The van der Waals surface area contributed by atoms with E-state index in [0.717, 1.165) is 28.7 Å². The van der Waals surface area contributed by atoms with Crippen LogP contribution in [-0.2, 0) is 4.79 Å². The predicted octanol–water partition coefficient (Wildman–Crippen LogP) is 5.29. The van der Waals surface area contributed by atoms with Gasteiger partial charge in [-0.15, -0.1) is 0 Å². The van der Waals surface area contributed by atoms with E-state index in [1.165, 1.54) is 0 Å². The fourth-order valence-electron chi connectivity index (χ4n) is 3.99. The average molecular weight is 485 g/mol. The van der Waals surface area contributed by atoms with Crippen LogP contribution in [0.2, 0.25) is 0 Å². The molecule has 0 saturated carbocycles. The number of carbonyl (C=O) groups excluding carboxylic acids is 1. The number of benzene rings is 3. The molecular formula is C29H28N2O5. The van der Waals surface area contributed by atoms with Crippen molar-refractivity contribution in [3.05, 3.63) is 94.4 Å². The van der Waals surface area contributed by atoms with Crippen molar-refractivity contribution in [3.8, 4) is 29.1 Å². The summed E-state index contributed by atoms with van der Waals surface area (Å²) in [6.07, 6.45) is 0.851. The van der Waals surface area contributed by atoms with Gasteiger partial charge in [0.2, 0.25) is 5.88 Å². The largest absolute Gasteiger partial charge is 0.493 e. The number of carbonyl (C=O) groups is 1. The van der Waals surface area contributed by atoms with Crippen molar-refractivity contribution in [1.82, 2.24) is 0 Å². The van der Waals surface area contributed by atoms with E-state index in [4.69, 9.17) is 24.7 Å². The molecule has 1 aliphatic rings. The van der Waals surface area contributed by atoms with Gasteiger partial charge in [0.25, 0.3) is 0 Å². The number of hydrogen-bond acceptors (Lipinski definition) is 7. The summed E-state index contributed by atoms with van der Waals surface area (Å²) in [5, 5.41) is 9.85. The zero-order valence-corrected chi connectivity index (χ0v) is 20.5. The Hall–Kier alpha value is -4.44. The quantitative estimate of drug-likeness (QED) is 0.342. The van der Waals surface area contributed by atoms with Gasteiger partial charge in [0, 0.05) is 17.2 Å². The number of allylic oxidation sites excluding steroid dienone is 1. The highest BCUT2D eigenvalue weighted by molar-refractivity contribution is 5.74. The second-order valence-corrected chi connectivity index (χ2v) is 8.52. The van der Waals surface area contributed by atoms with Gasteiger partial charge in [-0.05, 0) is 55.7 Å². The molecule has 1 heterocycles. The van der Waals surface area contributed by atoms with Gasteiger partial charge in [-0.25, -0.2) is 4.79 Å². The van der Waals surface area contributed by atoms with Crippen molar-refractivity contribution in [1.29, 1.82) is 5.26 Å². The van der Waals surface area contributed by atoms with Gasteiger partial charge in [-0.2, -0.15) is 5.26 Å². The van der Waals surface area contributed by atoms with Crippen molar-refractivity contribution in [2.24, 2.45) is 5.73 Å². The topological polar surface area (TPSA) is 104 Å². The first-order chi connectivity index (χ1) is 17.4. The van der Waals surface area contributed by atoms with E-state index in [1.54, 1.807) is 18.2 Å². The summed E-state index contributed by atoms with van der Waals surface area (Å²) in [6, 6.07) is 20.4. The Labute approximate surface area is 210 Å². The molecule has 0 bridgehead atoms. The molecule has 1 aliphatic heterocycles. The van der Waals surface area contributed by atoms with Gasteiger partial charge in [0.1, 0.15) is 34.6 Å². The molecule has 0 amide bonds. The predicted molar refractivity (Wildman–Crippen MR) is 135 cm³/mol. The molecular weight excluding hydrogens is 456 g/mol. The lowest BCUT2D eigenvalue weighted by atomic mass is 9.83. The molecule has 36 heavy (non-hydrogen) atoms. The fourth-order valence-corrected chi connectivity index (χ4v) is 3.99. The summed E-state index contributed by atoms with van der Waals surface area (Å²) < 4.78 is 22.7. The number of aryl methyl sites for hydroxylation is 2. The summed E-state index contributed by atoms with van der Waals surface area (Å²) in [5.74, 6) is 0.924. The third-order valence-electron chi connectivity index (χ3n) is 5.95. The van der Waals surface area contributed by atoms with Gasteiger partial charge in [-0.3, -0.25) is 0 Å². The summed E-state index contributed by atoms with van der Waals surface area (Å²) in [5.41, 5.74) is 10.2. The van der Waals surface area contributed by atoms with Gasteiger partial charge in [0.15, 0.2) is 6.61 Å². The number of rotatable bonds is 8.